The third kappa shape index (κ3) is 4.61. The Morgan fingerprint density at radius 3 is 2.62 bits per heavy atom. The van der Waals surface area contributed by atoms with Gasteiger partial charge in [-0.15, -0.1) is 0 Å². The molecule has 168 valence electrons. The van der Waals surface area contributed by atoms with E-state index in [1.54, 1.807) is 31.2 Å². The van der Waals surface area contributed by atoms with Gasteiger partial charge in [0.05, 0.1) is 36.3 Å². The molecule has 0 radical (unpaired) electrons. The fourth-order valence-corrected chi connectivity index (χ4v) is 3.30. The van der Waals surface area contributed by atoms with Crippen molar-refractivity contribution in [1.29, 1.82) is 0 Å². The quantitative estimate of drug-likeness (QED) is 0.314. The number of ether oxygens (including phenoxy) is 1. The van der Waals surface area contributed by atoms with Crippen LogP contribution in [0, 0.1) is 0 Å². The monoisotopic (exact) mass is 441 g/mol. The number of nitrogens with one attached hydrogen (secondary N) is 1. The summed E-state index contributed by atoms with van der Waals surface area (Å²) in [7, 11) is 0. The predicted octanol–water partition coefficient (Wildman–Crippen LogP) is 0.828. The Morgan fingerprint density at radius 2 is 1.94 bits per heavy atom. The molecule has 1 aliphatic heterocycles. The first-order valence-corrected chi connectivity index (χ1v) is 10.1. The Hall–Kier alpha value is -3.76. The number of aromatic amines is 1. The topological polar surface area (TPSA) is 119 Å². The van der Waals surface area contributed by atoms with E-state index in [1.807, 2.05) is 6.07 Å². The highest BCUT2D eigenvalue weighted by Gasteiger charge is 2.15. The number of hydrogen-bond donors (Lipinski definition) is 2. The zero-order valence-electron chi connectivity index (χ0n) is 17.4. The summed E-state index contributed by atoms with van der Waals surface area (Å²) in [6, 6.07) is 9.58. The molecule has 0 unspecified atom stereocenters. The molecule has 10 heteroatoms. The van der Waals surface area contributed by atoms with E-state index in [0.29, 0.717) is 47.7 Å². The lowest BCUT2D eigenvalue weighted by Gasteiger charge is -2.26. The van der Waals surface area contributed by atoms with Crippen molar-refractivity contribution in [2.24, 2.45) is 0 Å². The molecule has 1 saturated heterocycles. The minimum absolute atomic E-state index is 0.123. The molecule has 0 saturated carbocycles. The largest absolute Gasteiger partial charge is 0.478 e. The van der Waals surface area contributed by atoms with Gasteiger partial charge >= 0.3 is 5.97 Å². The summed E-state index contributed by atoms with van der Waals surface area (Å²) in [6.07, 6.45) is 2.91. The number of carboxylic acid groups (broad SMARTS) is 1. The van der Waals surface area contributed by atoms with Crippen LogP contribution in [0.3, 0.4) is 0 Å². The fourth-order valence-electron chi connectivity index (χ4n) is 3.30. The third-order valence-corrected chi connectivity index (χ3v) is 4.90. The van der Waals surface area contributed by atoms with Crippen molar-refractivity contribution >= 4 is 24.2 Å². The summed E-state index contributed by atoms with van der Waals surface area (Å²) >= 11 is 0. The number of carboxylic acids is 1. The summed E-state index contributed by atoms with van der Waals surface area (Å²) in [5, 5.41) is 12.7. The van der Waals surface area contributed by atoms with E-state index in [-0.39, 0.29) is 11.1 Å². The third-order valence-electron chi connectivity index (χ3n) is 4.90. The number of rotatable bonds is 7. The molecular formula is C22H23N3O7. The summed E-state index contributed by atoms with van der Waals surface area (Å²) in [5.74, 6) is 0.162. The molecule has 1 fully saturated rings. The predicted molar refractivity (Wildman–Crippen MR) is 115 cm³/mol. The molecule has 0 aliphatic carbocycles. The average molecular weight is 441 g/mol. The number of benzene rings is 1. The Morgan fingerprint density at radius 1 is 1.19 bits per heavy atom. The van der Waals surface area contributed by atoms with Crippen molar-refractivity contribution in [3.8, 4) is 5.69 Å². The van der Waals surface area contributed by atoms with E-state index in [2.05, 4.69) is 10.00 Å². The number of hydrogen-bond acceptors (Lipinski definition) is 7. The van der Waals surface area contributed by atoms with Gasteiger partial charge in [0.15, 0.2) is 12.1 Å². The molecule has 1 aromatic carbocycles. The van der Waals surface area contributed by atoms with E-state index in [4.69, 9.17) is 24.0 Å². The maximum atomic E-state index is 13.2. The van der Waals surface area contributed by atoms with Gasteiger partial charge in [0.1, 0.15) is 11.1 Å². The highest BCUT2D eigenvalue weighted by Crippen LogP contribution is 2.19. The molecule has 10 nitrogen and oxygen atoms in total. The molecule has 32 heavy (non-hydrogen) atoms. The first-order valence-electron chi connectivity index (χ1n) is 10.1. The van der Waals surface area contributed by atoms with E-state index >= 15 is 0 Å². The summed E-state index contributed by atoms with van der Waals surface area (Å²) < 4.78 is 12.6. The van der Waals surface area contributed by atoms with Crippen molar-refractivity contribution in [3.05, 3.63) is 68.6 Å². The van der Waals surface area contributed by atoms with Crippen LogP contribution in [0.4, 0.5) is 5.88 Å². The number of H-pyrrole nitrogens is 1. The summed E-state index contributed by atoms with van der Waals surface area (Å²) in [5.41, 5.74) is 0.237. The molecule has 2 aromatic heterocycles. The smallest absolute Gasteiger partial charge is 0.335 e. The number of furan rings is 1. The van der Waals surface area contributed by atoms with Crippen LogP contribution in [0.2, 0.25) is 0 Å². The van der Waals surface area contributed by atoms with Crippen molar-refractivity contribution in [1.82, 2.24) is 9.78 Å². The van der Waals surface area contributed by atoms with Crippen LogP contribution in [0.1, 0.15) is 23.0 Å². The minimum Gasteiger partial charge on any atom is -0.478 e. The van der Waals surface area contributed by atoms with Crippen LogP contribution >= 0.6 is 0 Å². The molecule has 0 bridgehead atoms. The second-order valence-corrected chi connectivity index (χ2v) is 6.97. The number of aromatic nitrogens is 2. The molecule has 3 aromatic rings. The van der Waals surface area contributed by atoms with Crippen molar-refractivity contribution < 1.29 is 28.8 Å². The summed E-state index contributed by atoms with van der Waals surface area (Å²) in [6.45, 7) is 4.84. The molecule has 4 rings (SSSR count). The molecule has 0 amide bonds. The summed E-state index contributed by atoms with van der Waals surface area (Å²) in [4.78, 5) is 36.3. The van der Waals surface area contributed by atoms with Gasteiger partial charge < -0.3 is 24.0 Å². The lowest BCUT2D eigenvalue weighted by Crippen LogP contribution is -2.36. The molecule has 0 atom stereocenters. The van der Waals surface area contributed by atoms with Crippen molar-refractivity contribution in [2.75, 3.05) is 37.8 Å². The fraction of sp³-hybridized carbons (Fsp3) is 0.273. The lowest BCUT2D eigenvalue weighted by atomic mass is 10.2. The minimum atomic E-state index is -1.04. The standard InChI is InChI=1S/C22H23N3O7/c1-2-30-31-14-19-18(13-17-7-8-20(32-17)24-9-11-29-12-10-24)21(26)25(23-19)16-5-3-15(4-6-16)22(27)28/h3-8,13-14,23H,2,9-12H2,1H3,(H,27,28). The van der Waals surface area contributed by atoms with Gasteiger partial charge in [0.2, 0.25) is 0 Å². The Kier molecular flexibility index (Phi) is 6.43. The SMILES string of the molecule is CCOOC=c1[nH]n(-c2ccc(C(=O)O)cc2)c(=O)c1=Cc1ccc(N2CCOCC2)o1. The van der Waals surface area contributed by atoms with Crippen molar-refractivity contribution in [2.45, 2.75) is 6.92 Å². The van der Waals surface area contributed by atoms with Crippen LogP contribution in [0.25, 0.3) is 18.0 Å². The molecule has 3 heterocycles. The Labute approximate surface area is 182 Å². The number of nitrogens with zero attached hydrogens (tertiary/aromatic N) is 2. The van der Waals surface area contributed by atoms with E-state index in [1.165, 1.54) is 23.1 Å². The lowest BCUT2D eigenvalue weighted by molar-refractivity contribution is -0.224. The van der Waals surface area contributed by atoms with E-state index < -0.39 is 5.97 Å². The highest BCUT2D eigenvalue weighted by molar-refractivity contribution is 5.87. The normalized spacial score (nSPS) is 15.3. The van der Waals surface area contributed by atoms with Crippen LogP contribution in [-0.2, 0) is 14.5 Å². The molecule has 2 N–H and O–H groups in total. The van der Waals surface area contributed by atoms with E-state index in [0.717, 1.165) is 13.1 Å². The van der Waals surface area contributed by atoms with Gasteiger partial charge in [0, 0.05) is 19.2 Å². The van der Waals surface area contributed by atoms with Crippen LogP contribution in [-0.4, -0.2) is 53.8 Å². The number of anilines is 1. The second-order valence-electron chi connectivity index (χ2n) is 6.97. The first kappa shape index (κ1) is 21.5. The maximum absolute atomic E-state index is 13.2. The van der Waals surface area contributed by atoms with Gasteiger partial charge in [-0.3, -0.25) is 9.89 Å². The maximum Gasteiger partial charge on any atom is 0.335 e. The van der Waals surface area contributed by atoms with Gasteiger partial charge in [-0.05, 0) is 43.3 Å². The number of carbonyl (C=O) groups is 1. The van der Waals surface area contributed by atoms with Gasteiger partial charge in [0.25, 0.3) is 5.56 Å². The average Bonchev–Trinajstić information content (AvgIpc) is 3.40. The van der Waals surface area contributed by atoms with Crippen LogP contribution in [0.15, 0.2) is 45.6 Å². The highest BCUT2D eigenvalue weighted by atomic mass is 17.2. The number of aromatic carboxylic acids is 1. The van der Waals surface area contributed by atoms with Gasteiger partial charge in [-0.25, -0.2) is 9.48 Å². The molecule has 1 aliphatic rings. The van der Waals surface area contributed by atoms with E-state index in [9.17, 15) is 9.59 Å². The van der Waals surface area contributed by atoms with Gasteiger partial charge in [-0.1, -0.05) is 0 Å². The van der Waals surface area contributed by atoms with Crippen molar-refractivity contribution in [3.63, 3.8) is 0 Å². The second kappa shape index (κ2) is 9.58. The Bertz CT molecular complexity index is 1250. The van der Waals surface area contributed by atoms with Crippen LogP contribution < -0.4 is 21.0 Å². The Balaban J connectivity index is 1.75. The molecule has 0 spiro atoms. The number of morpholine rings is 1. The zero-order chi connectivity index (χ0) is 22.5. The van der Waals surface area contributed by atoms with Gasteiger partial charge in [-0.2, -0.15) is 4.89 Å². The molecular weight excluding hydrogens is 418 g/mol. The van der Waals surface area contributed by atoms with Crippen LogP contribution in [0.5, 0.6) is 0 Å². The zero-order valence-corrected chi connectivity index (χ0v) is 17.4. The first-order chi connectivity index (χ1) is 15.6.